The highest BCUT2D eigenvalue weighted by molar-refractivity contribution is 6.08. The van der Waals surface area contributed by atoms with Crippen molar-refractivity contribution in [2.45, 2.75) is 19.5 Å². The lowest BCUT2D eigenvalue weighted by atomic mass is 10.1. The maximum absolute atomic E-state index is 14.0. The van der Waals surface area contributed by atoms with Crippen molar-refractivity contribution in [1.29, 1.82) is 0 Å². The average molecular weight is 407 g/mol. The molecule has 0 aliphatic rings. The standard InChI is InChI=1S/C24H23FN2O3/c1-15(27(2)14-16-8-4-6-10-19(16)25)24(28)26-20-13-22-18(12-23(20)29-3)17-9-5-7-11-21(17)30-22/h4-13,15H,14H2,1-3H3,(H,26,28)/p+1/t15-/m1/s1. The van der Waals surface area contributed by atoms with Crippen LogP contribution in [-0.2, 0) is 11.3 Å². The minimum atomic E-state index is -0.402. The van der Waals surface area contributed by atoms with Gasteiger partial charge in [0, 0.05) is 22.4 Å². The molecule has 4 rings (SSSR count). The molecule has 0 aliphatic carbocycles. The zero-order chi connectivity index (χ0) is 21.3. The van der Waals surface area contributed by atoms with Gasteiger partial charge in [0.1, 0.15) is 29.3 Å². The number of para-hydroxylation sites is 1. The van der Waals surface area contributed by atoms with Gasteiger partial charge in [0.25, 0.3) is 5.91 Å². The Hall–Kier alpha value is -3.38. The first-order valence-electron chi connectivity index (χ1n) is 9.83. The van der Waals surface area contributed by atoms with E-state index >= 15 is 0 Å². The summed E-state index contributed by atoms with van der Waals surface area (Å²) in [7, 11) is 3.44. The fourth-order valence-corrected chi connectivity index (χ4v) is 3.58. The number of furan rings is 1. The van der Waals surface area contributed by atoms with Gasteiger partial charge in [-0.1, -0.05) is 36.4 Å². The van der Waals surface area contributed by atoms with E-state index in [4.69, 9.17) is 9.15 Å². The van der Waals surface area contributed by atoms with Crippen LogP contribution in [0.5, 0.6) is 5.75 Å². The normalized spacial score (nSPS) is 13.3. The number of rotatable bonds is 6. The van der Waals surface area contributed by atoms with Crippen molar-refractivity contribution in [2.75, 3.05) is 19.5 Å². The molecule has 3 aromatic carbocycles. The quantitative estimate of drug-likeness (QED) is 0.512. The summed E-state index contributed by atoms with van der Waals surface area (Å²) in [4.78, 5) is 13.8. The lowest BCUT2D eigenvalue weighted by Gasteiger charge is -2.22. The van der Waals surface area contributed by atoms with E-state index in [1.54, 1.807) is 31.4 Å². The molecule has 0 saturated carbocycles. The number of hydrogen-bond donors (Lipinski definition) is 2. The van der Waals surface area contributed by atoms with Crippen LogP contribution in [-0.4, -0.2) is 26.1 Å². The zero-order valence-electron chi connectivity index (χ0n) is 17.2. The first-order chi connectivity index (χ1) is 14.5. The molecule has 4 aromatic rings. The molecule has 0 bridgehead atoms. The first kappa shape index (κ1) is 19.9. The molecule has 2 N–H and O–H groups in total. The molecular formula is C24H24FN2O3+. The van der Waals surface area contributed by atoms with E-state index in [2.05, 4.69) is 5.32 Å². The number of amides is 1. The summed E-state index contributed by atoms with van der Waals surface area (Å²) in [5.41, 5.74) is 2.57. The monoisotopic (exact) mass is 407 g/mol. The molecule has 0 saturated heterocycles. The number of carbonyl (C=O) groups excluding carboxylic acids is 1. The summed E-state index contributed by atoms with van der Waals surface area (Å²) >= 11 is 0. The number of likely N-dealkylation sites (N-methyl/N-ethyl adjacent to an activating group) is 1. The van der Waals surface area contributed by atoms with Gasteiger partial charge in [0.15, 0.2) is 6.04 Å². The Bertz CT molecular complexity index is 1220. The Labute approximate surface area is 174 Å². The molecule has 0 spiro atoms. The Morgan fingerprint density at radius 1 is 1.10 bits per heavy atom. The maximum Gasteiger partial charge on any atom is 0.282 e. The van der Waals surface area contributed by atoms with Crippen molar-refractivity contribution in [3.05, 3.63) is 72.0 Å². The third-order valence-electron chi connectivity index (χ3n) is 5.52. The molecule has 6 heteroatoms. The summed E-state index contributed by atoms with van der Waals surface area (Å²) in [6.07, 6.45) is 0. The number of nitrogens with one attached hydrogen (secondary N) is 2. The van der Waals surface area contributed by atoms with E-state index < -0.39 is 6.04 Å². The van der Waals surface area contributed by atoms with E-state index in [-0.39, 0.29) is 11.7 Å². The zero-order valence-corrected chi connectivity index (χ0v) is 17.2. The van der Waals surface area contributed by atoms with Crippen LogP contribution in [0.25, 0.3) is 21.9 Å². The van der Waals surface area contributed by atoms with E-state index in [1.165, 1.54) is 6.07 Å². The predicted molar refractivity (Wildman–Crippen MR) is 115 cm³/mol. The van der Waals surface area contributed by atoms with Crippen molar-refractivity contribution in [2.24, 2.45) is 0 Å². The molecule has 1 heterocycles. The van der Waals surface area contributed by atoms with Crippen LogP contribution in [0.4, 0.5) is 10.1 Å². The van der Waals surface area contributed by atoms with Crippen molar-refractivity contribution in [3.63, 3.8) is 0 Å². The van der Waals surface area contributed by atoms with Crippen LogP contribution < -0.4 is 15.0 Å². The van der Waals surface area contributed by atoms with Gasteiger partial charge in [0.05, 0.1) is 19.8 Å². The average Bonchev–Trinajstić information content (AvgIpc) is 3.11. The molecule has 0 aliphatic heterocycles. The summed E-state index contributed by atoms with van der Waals surface area (Å²) in [5.74, 6) is 0.112. The molecule has 0 fully saturated rings. The molecule has 1 amide bonds. The first-order valence-corrected chi connectivity index (χ1v) is 9.83. The molecule has 5 nitrogen and oxygen atoms in total. The van der Waals surface area contributed by atoms with Gasteiger partial charge in [0.2, 0.25) is 0 Å². The van der Waals surface area contributed by atoms with Crippen LogP contribution in [0.1, 0.15) is 12.5 Å². The number of benzene rings is 3. The number of fused-ring (bicyclic) bond motifs is 3. The number of methoxy groups -OCH3 is 1. The van der Waals surface area contributed by atoms with E-state index in [0.717, 1.165) is 21.3 Å². The Morgan fingerprint density at radius 3 is 2.60 bits per heavy atom. The number of carbonyl (C=O) groups is 1. The molecule has 154 valence electrons. The van der Waals surface area contributed by atoms with Crippen molar-refractivity contribution in [1.82, 2.24) is 0 Å². The fourth-order valence-electron chi connectivity index (χ4n) is 3.58. The van der Waals surface area contributed by atoms with Gasteiger partial charge in [-0.25, -0.2) is 4.39 Å². The van der Waals surface area contributed by atoms with Crippen molar-refractivity contribution >= 4 is 33.5 Å². The van der Waals surface area contributed by atoms with Gasteiger partial charge in [-0.05, 0) is 25.1 Å². The molecule has 30 heavy (non-hydrogen) atoms. The Kier molecular flexibility index (Phi) is 5.42. The highest BCUT2D eigenvalue weighted by Crippen LogP contribution is 2.36. The second-order valence-electron chi connectivity index (χ2n) is 7.47. The van der Waals surface area contributed by atoms with Gasteiger partial charge in [-0.15, -0.1) is 0 Å². The van der Waals surface area contributed by atoms with E-state index in [9.17, 15) is 9.18 Å². The molecule has 0 radical (unpaired) electrons. The molecule has 1 aromatic heterocycles. The minimum Gasteiger partial charge on any atom is -0.495 e. The van der Waals surface area contributed by atoms with Crippen LogP contribution in [0.3, 0.4) is 0 Å². The fraction of sp³-hybridized carbons (Fsp3) is 0.208. The van der Waals surface area contributed by atoms with Gasteiger partial charge in [-0.3, -0.25) is 4.79 Å². The van der Waals surface area contributed by atoms with E-state index in [1.807, 2.05) is 44.3 Å². The molecular weight excluding hydrogens is 383 g/mol. The summed E-state index contributed by atoms with van der Waals surface area (Å²) in [6, 6.07) is 17.6. The lowest BCUT2D eigenvalue weighted by Crippen LogP contribution is -3.12. The topological polar surface area (TPSA) is 55.9 Å². The third kappa shape index (κ3) is 3.74. The number of quaternary nitrogens is 1. The van der Waals surface area contributed by atoms with E-state index in [0.29, 0.717) is 29.1 Å². The molecule has 1 unspecified atom stereocenters. The Morgan fingerprint density at radius 2 is 1.83 bits per heavy atom. The molecule has 2 atom stereocenters. The largest absolute Gasteiger partial charge is 0.495 e. The number of halogens is 1. The van der Waals surface area contributed by atoms with Gasteiger partial charge >= 0.3 is 0 Å². The lowest BCUT2D eigenvalue weighted by molar-refractivity contribution is -0.908. The smallest absolute Gasteiger partial charge is 0.282 e. The third-order valence-corrected chi connectivity index (χ3v) is 5.52. The predicted octanol–water partition coefficient (Wildman–Crippen LogP) is 3.78. The second kappa shape index (κ2) is 8.16. The van der Waals surface area contributed by atoms with Crippen LogP contribution in [0.2, 0.25) is 0 Å². The van der Waals surface area contributed by atoms with Crippen LogP contribution >= 0.6 is 0 Å². The summed E-state index contributed by atoms with van der Waals surface area (Å²) in [6.45, 7) is 2.22. The van der Waals surface area contributed by atoms with Gasteiger partial charge < -0.3 is 19.4 Å². The number of ether oxygens (including phenoxy) is 1. The number of anilines is 1. The van der Waals surface area contributed by atoms with Crippen molar-refractivity contribution in [3.8, 4) is 5.75 Å². The number of hydrogen-bond acceptors (Lipinski definition) is 3. The maximum atomic E-state index is 14.0. The van der Waals surface area contributed by atoms with Crippen molar-refractivity contribution < 1.29 is 23.2 Å². The van der Waals surface area contributed by atoms with Crippen LogP contribution in [0.15, 0.2) is 65.1 Å². The summed E-state index contributed by atoms with van der Waals surface area (Å²) < 4.78 is 25.4. The minimum absolute atomic E-state index is 0.183. The van der Waals surface area contributed by atoms with Gasteiger partial charge in [-0.2, -0.15) is 0 Å². The summed E-state index contributed by atoms with van der Waals surface area (Å²) in [5, 5.41) is 4.86. The SMILES string of the molecule is COc1cc2c(cc1NC(=O)[C@@H](C)[NH+](C)Cc1ccccc1F)oc1ccccc12. The highest BCUT2D eigenvalue weighted by atomic mass is 19.1. The highest BCUT2D eigenvalue weighted by Gasteiger charge is 2.24. The van der Waals surface area contributed by atoms with Crippen LogP contribution in [0, 0.1) is 5.82 Å². The second-order valence-corrected chi connectivity index (χ2v) is 7.47. The Balaban J connectivity index is 1.57.